The van der Waals surface area contributed by atoms with Gasteiger partial charge < -0.3 is 4.57 Å². The van der Waals surface area contributed by atoms with Gasteiger partial charge in [-0.3, -0.25) is 4.90 Å². The van der Waals surface area contributed by atoms with Crippen LogP contribution in [-0.4, -0.2) is 33.6 Å². The van der Waals surface area contributed by atoms with E-state index >= 15 is 0 Å². The van der Waals surface area contributed by atoms with Crippen LogP contribution in [0.5, 0.6) is 0 Å². The van der Waals surface area contributed by atoms with Gasteiger partial charge in [-0.2, -0.15) is 0 Å². The summed E-state index contributed by atoms with van der Waals surface area (Å²) in [5.41, 5.74) is 3.58. The summed E-state index contributed by atoms with van der Waals surface area (Å²) in [6.45, 7) is 9.59. The molecule has 0 spiro atoms. The number of fused-ring (bicyclic) bond motifs is 1. The van der Waals surface area contributed by atoms with Crippen molar-refractivity contribution in [3.63, 3.8) is 0 Å². The van der Waals surface area contributed by atoms with Gasteiger partial charge in [-0.05, 0) is 44.9 Å². The number of likely N-dealkylation sites (N-methyl/N-ethyl adjacent to an activating group) is 1. The molecule has 3 rings (SSSR count). The second-order valence-corrected chi connectivity index (χ2v) is 6.69. The molecular formula is C17H24ClN3. The van der Waals surface area contributed by atoms with Crippen LogP contribution in [0.4, 0.5) is 0 Å². The summed E-state index contributed by atoms with van der Waals surface area (Å²) in [6.07, 6.45) is 2.71. The SMILES string of the molecule is CCN(CCn1c(C(C)Cl)nc2cccc(C)c21)C1CC1. The van der Waals surface area contributed by atoms with Gasteiger partial charge in [0.1, 0.15) is 5.82 Å². The maximum absolute atomic E-state index is 6.36. The van der Waals surface area contributed by atoms with Crippen molar-refractivity contribution in [2.75, 3.05) is 13.1 Å². The lowest BCUT2D eigenvalue weighted by Crippen LogP contribution is -2.29. The number of rotatable bonds is 6. The van der Waals surface area contributed by atoms with Gasteiger partial charge in [-0.25, -0.2) is 4.98 Å². The van der Waals surface area contributed by atoms with E-state index in [2.05, 4.69) is 41.5 Å². The van der Waals surface area contributed by atoms with E-state index in [0.717, 1.165) is 37.0 Å². The molecule has 1 aliphatic carbocycles. The molecule has 0 bridgehead atoms. The van der Waals surface area contributed by atoms with Crippen molar-refractivity contribution >= 4 is 22.6 Å². The third-order valence-electron chi connectivity index (χ3n) is 4.43. The highest BCUT2D eigenvalue weighted by atomic mass is 35.5. The number of halogens is 1. The minimum Gasteiger partial charge on any atom is -0.325 e. The third kappa shape index (κ3) is 2.95. The molecular weight excluding hydrogens is 282 g/mol. The first-order valence-electron chi connectivity index (χ1n) is 7.95. The van der Waals surface area contributed by atoms with E-state index in [1.165, 1.54) is 23.9 Å². The Balaban J connectivity index is 1.93. The summed E-state index contributed by atoms with van der Waals surface area (Å²) < 4.78 is 2.33. The molecule has 0 N–H and O–H groups in total. The van der Waals surface area contributed by atoms with E-state index in [-0.39, 0.29) is 5.38 Å². The molecule has 21 heavy (non-hydrogen) atoms. The van der Waals surface area contributed by atoms with E-state index in [4.69, 9.17) is 16.6 Å². The fraction of sp³-hybridized carbons (Fsp3) is 0.588. The molecule has 1 fully saturated rings. The van der Waals surface area contributed by atoms with Crippen molar-refractivity contribution in [3.05, 3.63) is 29.6 Å². The van der Waals surface area contributed by atoms with E-state index in [0.29, 0.717) is 0 Å². The first kappa shape index (κ1) is 14.9. The molecule has 1 unspecified atom stereocenters. The minimum atomic E-state index is -0.0622. The zero-order chi connectivity index (χ0) is 15.0. The Hall–Kier alpha value is -1.06. The second kappa shape index (κ2) is 5.98. The number of hydrogen-bond donors (Lipinski definition) is 0. The number of benzene rings is 1. The van der Waals surface area contributed by atoms with Crippen LogP contribution >= 0.6 is 11.6 Å². The Kier molecular flexibility index (Phi) is 4.23. The van der Waals surface area contributed by atoms with Gasteiger partial charge in [0.25, 0.3) is 0 Å². The number of para-hydroxylation sites is 1. The Morgan fingerprint density at radius 2 is 2.19 bits per heavy atom. The molecule has 1 atom stereocenters. The summed E-state index contributed by atoms with van der Waals surface area (Å²) in [6, 6.07) is 7.12. The van der Waals surface area contributed by atoms with Gasteiger partial charge in [0.05, 0.1) is 16.4 Å². The van der Waals surface area contributed by atoms with Crippen LogP contribution in [-0.2, 0) is 6.54 Å². The molecule has 1 saturated carbocycles. The first-order valence-corrected chi connectivity index (χ1v) is 8.39. The summed E-state index contributed by atoms with van der Waals surface area (Å²) in [5, 5.41) is -0.0622. The number of nitrogens with zero attached hydrogens (tertiary/aromatic N) is 3. The van der Waals surface area contributed by atoms with Crippen LogP contribution in [0.1, 0.15) is 43.5 Å². The average Bonchev–Trinajstić information content (AvgIpc) is 3.21. The number of aryl methyl sites for hydroxylation is 1. The van der Waals surface area contributed by atoms with Crippen molar-refractivity contribution in [3.8, 4) is 0 Å². The predicted octanol–water partition coefficient (Wildman–Crippen LogP) is 4.13. The van der Waals surface area contributed by atoms with Crippen LogP contribution in [0, 0.1) is 6.92 Å². The van der Waals surface area contributed by atoms with Gasteiger partial charge in [0.15, 0.2) is 0 Å². The fourth-order valence-electron chi connectivity index (χ4n) is 3.18. The molecule has 1 aliphatic rings. The lowest BCUT2D eigenvalue weighted by molar-refractivity contribution is 0.266. The molecule has 4 heteroatoms. The topological polar surface area (TPSA) is 21.1 Å². The van der Waals surface area contributed by atoms with Crippen molar-refractivity contribution in [1.29, 1.82) is 0 Å². The Bertz CT molecular complexity index is 628. The first-order chi connectivity index (χ1) is 10.1. The molecule has 3 nitrogen and oxygen atoms in total. The van der Waals surface area contributed by atoms with Crippen molar-refractivity contribution in [2.45, 2.75) is 51.6 Å². The molecule has 0 aliphatic heterocycles. The quantitative estimate of drug-likeness (QED) is 0.748. The Labute approximate surface area is 131 Å². The summed E-state index contributed by atoms with van der Waals surface area (Å²) in [4.78, 5) is 7.33. The van der Waals surface area contributed by atoms with E-state index in [1.54, 1.807) is 0 Å². The fourth-order valence-corrected chi connectivity index (χ4v) is 3.35. The molecule has 1 aromatic heterocycles. The molecule has 1 heterocycles. The molecule has 0 saturated heterocycles. The predicted molar refractivity (Wildman–Crippen MR) is 89.0 cm³/mol. The number of imidazole rings is 1. The highest BCUT2D eigenvalue weighted by Gasteiger charge is 2.27. The highest BCUT2D eigenvalue weighted by Crippen LogP contribution is 2.29. The maximum Gasteiger partial charge on any atom is 0.127 e. The van der Waals surface area contributed by atoms with Crippen molar-refractivity contribution in [2.24, 2.45) is 0 Å². The lowest BCUT2D eigenvalue weighted by atomic mass is 10.2. The maximum atomic E-state index is 6.36. The zero-order valence-corrected chi connectivity index (χ0v) is 13.9. The van der Waals surface area contributed by atoms with E-state index in [9.17, 15) is 0 Å². The van der Waals surface area contributed by atoms with Crippen LogP contribution < -0.4 is 0 Å². The standard InChI is InChI=1S/C17H24ClN3/c1-4-20(14-8-9-14)10-11-21-16-12(2)6-5-7-15(16)19-17(21)13(3)18/h5-7,13-14H,4,8-11H2,1-3H3. The average molecular weight is 306 g/mol. The summed E-state index contributed by atoms with van der Waals surface area (Å²) in [7, 11) is 0. The van der Waals surface area contributed by atoms with Crippen LogP contribution in [0.15, 0.2) is 18.2 Å². The smallest absolute Gasteiger partial charge is 0.127 e. The summed E-state index contributed by atoms with van der Waals surface area (Å²) >= 11 is 6.36. The third-order valence-corrected chi connectivity index (χ3v) is 4.63. The van der Waals surface area contributed by atoms with Crippen molar-refractivity contribution in [1.82, 2.24) is 14.5 Å². The lowest BCUT2D eigenvalue weighted by Gasteiger charge is -2.21. The number of hydrogen-bond acceptors (Lipinski definition) is 2. The Morgan fingerprint density at radius 1 is 1.43 bits per heavy atom. The second-order valence-electron chi connectivity index (χ2n) is 6.04. The van der Waals surface area contributed by atoms with Crippen LogP contribution in [0.2, 0.25) is 0 Å². The van der Waals surface area contributed by atoms with E-state index < -0.39 is 0 Å². The number of aromatic nitrogens is 2. The highest BCUT2D eigenvalue weighted by molar-refractivity contribution is 6.20. The Morgan fingerprint density at radius 3 is 2.81 bits per heavy atom. The molecule has 1 aromatic carbocycles. The van der Waals surface area contributed by atoms with E-state index in [1.807, 2.05) is 6.92 Å². The van der Waals surface area contributed by atoms with Gasteiger partial charge in [0, 0.05) is 19.1 Å². The minimum absolute atomic E-state index is 0.0622. The molecule has 0 amide bonds. The van der Waals surface area contributed by atoms with Gasteiger partial charge in [0.2, 0.25) is 0 Å². The molecule has 0 radical (unpaired) electrons. The molecule has 114 valence electrons. The van der Waals surface area contributed by atoms with Gasteiger partial charge in [-0.15, -0.1) is 11.6 Å². The normalized spacial score (nSPS) is 16.8. The number of alkyl halides is 1. The van der Waals surface area contributed by atoms with Crippen LogP contribution in [0.25, 0.3) is 11.0 Å². The van der Waals surface area contributed by atoms with Crippen molar-refractivity contribution < 1.29 is 0 Å². The van der Waals surface area contributed by atoms with Crippen LogP contribution in [0.3, 0.4) is 0 Å². The molecule has 2 aromatic rings. The largest absolute Gasteiger partial charge is 0.325 e. The summed E-state index contributed by atoms with van der Waals surface area (Å²) in [5.74, 6) is 0.993. The van der Waals surface area contributed by atoms with Gasteiger partial charge in [-0.1, -0.05) is 19.1 Å². The van der Waals surface area contributed by atoms with Gasteiger partial charge >= 0.3 is 0 Å². The zero-order valence-electron chi connectivity index (χ0n) is 13.1. The monoisotopic (exact) mass is 305 g/mol.